The van der Waals surface area contributed by atoms with Gasteiger partial charge in [0.2, 0.25) is 5.91 Å². The summed E-state index contributed by atoms with van der Waals surface area (Å²) >= 11 is 4.82. The lowest BCUT2D eigenvalue weighted by atomic mass is 10.1. The summed E-state index contributed by atoms with van der Waals surface area (Å²) in [6.45, 7) is 3.07. The van der Waals surface area contributed by atoms with Crippen LogP contribution in [-0.4, -0.2) is 30.2 Å². The van der Waals surface area contributed by atoms with Crippen LogP contribution < -0.4 is 11.1 Å². The molecule has 0 bridgehead atoms. The van der Waals surface area contributed by atoms with Gasteiger partial charge in [0, 0.05) is 19.1 Å². The molecule has 0 aromatic heterocycles. The van der Waals surface area contributed by atoms with Crippen molar-refractivity contribution in [2.45, 2.75) is 32.3 Å². The highest BCUT2D eigenvalue weighted by Gasteiger charge is 2.21. The van der Waals surface area contributed by atoms with Gasteiger partial charge in [0.25, 0.3) is 0 Å². The van der Waals surface area contributed by atoms with E-state index in [4.69, 9.17) is 22.7 Å². The van der Waals surface area contributed by atoms with E-state index >= 15 is 0 Å². The summed E-state index contributed by atoms with van der Waals surface area (Å²) in [4.78, 5) is 12.0. The molecule has 4 nitrogen and oxygen atoms in total. The van der Waals surface area contributed by atoms with E-state index in [0.717, 1.165) is 19.3 Å². The Bertz CT molecular complexity index is 240. The van der Waals surface area contributed by atoms with E-state index in [2.05, 4.69) is 5.32 Å². The van der Waals surface area contributed by atoms with E-state index in [9.17, 15) is 4.79 Å². The van der Waals surface area contributed by atoms with E-state index in [-0.39, 0.29) is 17.9 Å². The van der Waals surface area contributed by atoms with Crippen LogP contribution in [0.25, 0.3) is 0 Å². The Morgan fingerprint density at radius 1 is 1.67 bits per heavy atom. The van der Waals surface area contributed by atoms with Gasteiger partial charge in [-0.05, 0) is 19.3 Å². The molecule has 2 unspecified atom stereocenters. The topological polar surface area (TPSA) is 64.3 Å². The summed E-state index contributed by atoms with van der Waals surface area (Å²) in [5.74, 6) is -0.00894. The third kappa shape index (κ3) is 4.13. The van der Waals surface area contributed by atoms with E-state index in [1.54, 1.807) is 0 Å². The number of hydrogen-bond acceptors (Lipinski definition) is 3. The van der Waals surface area contributed by atoms with Gasteiger partial charge in [0.1, 0.15) is 6.10 Å². The third-order valence-electron chi connectivity index (χ3n) is 2.54. The molecule has 0 saturated carbocycles. The van der Waals surface area contributed by atoms with Crippen molar-refractivity contribution < 1.29 is 9.53 Å². The quantitative estimate of drug-likeness (QED) is 0.694. The van der Waals surface area contributed by atoms with Crippen LogP contribution in [0.2, 0.25) is 0 Å². The van der Waals surface area contributed by atoms with Gasteiger partial charge in [-0.15, -0.1) is 0 Å². The molecule has 1 aliphatic rings. The first-order valence-corrected chi connectivity index (χ1v) is 5.70. The number of carbonyl (C=O) groups excluding carboxylic acids is 1. The predicted molar refractivity (Wildman–Crippen MR) is 62.6 cm³/mol. The maximum absolute atomic E-state index is 11.6. The third-order valence-corrected chi connectivity index (χ3v) is 2.94. The van der Waals surface area contributed by atoms with Crippen molar-refractivity contribution in [1.82, 2.24) is 5.32 Å². The number of nitrogens with one attached hydrogen (secondary N) is 1. The molecule has 1 heterocycles. The summed E-state index contributed by atoms with van der Waals surface area (Å²) in [5.41, 5.74) is 5.45. The first-order chi connectivity index (χ1) is 7.11. The predicted octanol–water partition coefficient (Wildman–Crippen LogP) is 0.594. The van der Waals surface area contributed by atoms with Crippen LogP contribution in [0.1, 0.15) is 26.2 Å². The first-order valence-electron chi connectivity index (χ1n) is 5.30. The van der Waals surface area contributed by atoms with Gasteiger partial charge in [-0.2, -0.15) is 0 Å². The lowest BCUT2D eigenvalue weighted by Crippen LogP contribution is -2.41. The molecule has 1 amide bonds. The fraction of sp³-hybridized carbons (Fsp3) is 0.800. The highest BCUT2D eigenvalue weighted by atomic mass is 32.1. The molecule has 1 saturated heterocycles. The van der Waals surface area contributed by atoms with Crippen LogP contribution in [0.4, 0.5) is 0 Å². The molecule has 0 spiro atoms. The minimum absolute atomic E-state index is 0.0348. The van der Waals surface area contributed by atoms with Gasteiger partial charge in [-0.3, -0.25) is 4.79 Å². The number of ether oxygens (including phenoxy) is 1. The van der Waals surface area contributed by atoms with Crippen molar-refractivity contribution in [3.8, 4) is 0 Å². The van der Waals surface area contributed by atoms with Crippen LogP contribution in [0.15, 0.2) is 0 Å². The Balaban J connectivity index is 2.25. The van der Waals surface area contributed by atoms with Crippen LogP contribution in [0.5, 0.6) is 0 Å². The molecular formula is C10H18N2O2S. The summed E-state index contributed by atoms with van der Waals surface area (Å²) < 4.78 is 5.36. The molecule has 0 radical (unpaired) electrons. The second kappa shape index (κ2) is 6.02. The van der Waals surface area contributed by atoms with Gasteiger partial charge >= 0.3 is 0 Å². The zero-order valence-electron chi connectivity index (χ0n) is 8.99. The number of hydrogen-bond donors (Lipinski definition) is 2. The van der Waals surface area contributed by atoms with Gasteiger partial charge in [0.15, 0.2) is 0 Å². The van der Waals surface area contributed by atoms with E-state index in [1.165, 1.54) is 0 Å². The van der Waals surface area contributed by atoms with Gasteiger partial charge in [-0.25, -0.2) is 0 Å². The molecule has 2 atom stereocenters. The highest BCUT2D eigenvalue weighted by molar-refractivity contribution is 7.80. The van der Waals surface area contributed by atoms with Crippen LogP contribution in [-0.2, 0) is 9.53 Å². The molecule has 3 N–H and O–H groups in total. The van der Waals surface area contributed by atoms with Gasteiger partial charge in [0.05, 0.1) is 4.99 Å². The number of carbonyl (C=O) groups is 1. The molecule has 5 heteroatoms. The summed E-state index contributed by atoms with van der Waals surface area (Å²) in [5, 5.41) is 2.80. The second-order valence-corrected chi connectivity index (χ2v) is 4.38. The maximum atomic E-state index is 11.6. The molecule has 86 valence electrons. The van der Waals surface area contributed by atoms with Crippen molar-refractivity contribution in [2.24, 2.45) is 11.7 Å². The number of thiocarbonyl (C=S) groups is 1. The Labute approximate surface area is 95.5 Å². The molecular weight excluding hydrogens is 212 g/mol. The molecule has 0 aromatic carbocycles. The number of amides is 1. The van der Waals surface area contributed by atoms with Gasteiger partial charge < -0.3 is 15.8 Å². The smallest absolute Gasteiger partial charge is 0.249 e. The fourth-order valence-corrected chi connectivity index (χ4v) is 1.50. The zero-order chi connectivity index (χ0) is 11.3. The second-order valence-electron chi connectivity index (χ2n) is 3.90. The lowest BCUT2D eigenvalue weighted by molar-refractivity contribution is -0.135. The average molecular weight is 230 g/mol. The van der Waals surface area contributed by atoms with Crippen molar-refractivity contribution in [3.05, 3.63) is 0 Å². The van der Waals surface area contributed by atoms with E-state index in [0.29, 0.717) is 18.1 Å². The minimum atomic E-state index is -0.280. The largest absolute Gasteiger partial charge is 0.393 e. The van der Waals surface area contributed by atoms with Crippen LogP contribution in [0, 0.1) is 5.92 Å². The molecule has 1 rings (SSSR count). The Kier molecular flexibility index (Phi) is 4.98. The van der Waals surface area contributed by atoms with Crippen molar-refractivity contribution >= 4 is 23.1 Å². The standard InChI is InChI=1S/C10H18N2O2S/c1-7(9(11)15)6-12-10(13)8-4-2-3-5-14-8/h7-8H,2-6H2,1H3,(H2,11,15)(H,12,13). The van der Waals surface area contributed by atoms with Gasteiger partial charge in [-0.1, -0.05) is 19.1 Å². The van der Waals surface area contributed by atoms with E-state index in [1.807, 2.05) is 6.92 Å². The van der Waals surface area contributed by atoms with Crippen molar-refractivity contribution in [1.29, 1.82) is 0 Å². The maximum Gasteiger partial charge on any atom is 0.249 e. The number of rotatable bonds is 4. The lowest BCUT2D eigenvalue weighted by Gasteiger charge is -2.22. The normalized spacial score (nSPS) is 23.1. The molecule has 1 aliphatic heterocycles. The summed E-state index contributed by atoms with van der Waals surface area (Å²) in [6, 6.07) is 0. The van der Waals surface area contributed by atoms with Crippen LogP contribution >= 0.6 is 12.2 Å². The minimum Gasteiger partial charge on any atom is -0.393 e. The fourth-order valence-electron chi connectivity index (χ4n) is 1.42. The molecule has 0 aliphatic carbocycles. The first kappa shape index (κ1) is 12.4. The number of nitrogens with two attached hydrogens (primary N) is 1. The SMILES string of the molecule is CC(CNC(=O)C1CCCCO1)C(N)=S. The molecule has 1 fully saturated rings. The highest BCUT2D eigenvalue weighted by Crippen LogP contribution is 2.12. The molecule has 15 heavy (non-hydrogen) atoms. The van der Waals surface area contributed by atoms with Crippen molar-refractivity contribution in [3.63, 3.8) is 0 Å². The Morgan fingerprint density at radius 2 is 2.40 bits per heavy atom. The monoisotopic (exact) mass is 230 g/mol. The van der Waals surface area contributed by atoms with Crippen molar-refractivity contribution in [2.75, 3.05) is 13.2 Å². The molecule has 0 aromatic rings. The average Bonchev–Trinajstić information content (AvgIpc) is 2.26. The zero-order valence-corrected chi connectivity index (χ0v) is 9.81. The van der Waals surface area contributed by atoms with E-state index < -0.39 is 0 Å². The summed E-state index contributed by atoms with van der Waals surface area (Å²) in [6.07, 6.45) is 2.64. The summed E-state index contributed by atoms with van der Waals surface area (Å²) in [7, 11) is 0. The Morgan fingerprint density at radius 3 is 2.93 bits per heavy atom. The van der Waals surface area contributed by atoms with Crippen LogP contribution in [0.3, 0.4) is 0 Å². The Hall–Kier alpha value is -0.680.